The number of hydrogen-bond acceptors (Lipinski definition) is 3. The van der Waals surface area contributed by atoms with Crippen LogP contribution in [0.3, 0.4) is 0 Å². The van der Waals surface area contributed by atoms with E-state index in [0.29, 0.717) is 0 Å². The van der Waals surface area contributed by atoms with E-state index in [1.54, 1.807) is 0 Å². The zero-order chi connectivity index (χ0) is 10.7. The molecule has 1 aromatic rings. The number of aromatic hydroxyl groups is 1. The lowest BCUT2D eigenvalue weighted by atomic mass is 10.2. The molecule has 1 N–H and O–H groups in total. The van der Waals surface area contributed by atoms with Gasteiger partial charge in [0.2, 0.25) is 0 Å². The van der Waals surface area contributed by atoms with Crippen LogP contribution >= 0.6 is 11.6 Å². The maximum Gasteiger partial charge on any atom is 0.271 e. The summed E-state index contributed by atoms with van der Waals surface area (Å²) < 4.78 is 29.7. The Labute approximate surface area is 84.3 Å². The predicted molar refractivity (Wildman–Crippen MR) is 47.0 cm³/mol. The van der Waals surface area contributed by atoms with Crippen molar-refractivity contribution in [3.8, 4) is 11.5 Å². The van der Waals surface area contributed by atoms with Crippen LogP contribution in [-0.2, 0) is 5.88 Å². The molecule has 0 bridgehead atoms. The summed E-state index contributed by atoms with van der Waals surface area (Å²) in [5.74, 6) is -0.802. The molecule has 0 amide bonds. The highest BCUT2D eigenvalue weighted by atomic mass is 35.5. The molecule has 6 heteroatoms. The van der Waals surface area contributed by atoms with E-state index in [1.807, 2.05) is 0 Å². The van der Waals surface area contributed by atoms with Crippen molar-refractivity contribution in [2.24, 2.45) is 0 Å². The fourth-order valence-electron chi connectivity index (χ4n) is 1.07. The third-order valence-corrected chi connectivity index (χ3v) is 1.93. The number of hydrogen-bond donors (Lipinski definition) is 1. The van der Waals surface area contributed by atoms with E-state index in [9.17, 15) is 8.78 Å². The minimum absolute atomic E-state index is 0.0524. The number of halogens is 3. The Balaban J connectivity index is 3.35. The molecular weight excluding hydrogens is 216 g/mol. The predicted octanol–water partition coefficient (Wildman–Crippen LogP) is 2.47. The molecule has 0 saturated heterocycles. The number of nitrogens with zero attached hydrogens (tertiary/aromatic N) is 1. The first kappa shape index (κ1) is 11.0. The van der Waals surface area contributed by atoms with E-state index >= 15 is 0 Å². The molecule has 0 aliphatic heterocycles. The van der Waals surface area contributed by atoms with Crippen LogP contribution in [0.25, 0.3) is 0 Å². The molecule has 1 aromatic heterocycles. The second-order valence-corrected chi connectivity index (χ2v) is 2.74. The van der Waals surface area contributed by atoms with E-state index in [1.165, 1.54) is 7.11 Å². The quantitative estimate of drug-likeness (QED) is 0.801. The summed E-state index contributed by atoms with van der Waals surface area (Å²) in [6.07, 6.45) is -1.89. The van der Waals surface area contributed by atoms with E-state index in [2.05, 4.69) is 4.98 Å². The van der Waals surface area contributed by atoms with Gasteiger partial charge in [0.1, 0.15) is 11.3 Å². The van der Waals surface area contributed by atoms with Crippen LogP contribution in [0, 0.1) is 0 Å². The van der Waals surface area contributed by atoms with Gasteiger partial charge in [-0.05, 0) is 0 Å². The monoisotopic (exact) mass is 223 g/mol. The van der Waals surface area contributed by atoms with Crippen molar-refractivity contribution in [1.82, 2.24) is 4.98 Å². The SMILES string of the molecule is COc1c(CCl)ncc(O)c1C(F)F. The van der Waals surface area contributed by atoms with Crippen molar-refractivity contribution in [1.29, 1.82) is 0 Å². The van der Waals surface area contributed by atoms with Gasteiger partial charge in [-0.15, -0.1) is 11.6 Å². The van der Waals surface area contributed by atoms with Crippen molar-refractivity contribution in [2.45, 2.75) is 12.3 Å². The van der Waals surface area contributed by atoms with E-state index in [4.69, 9.17) is 21.4 Å². The number of aromatic nitrogens is 1. The van der Waals surface area contributed by atoms with E-state index in [0.717, 1.165) is 6.20 Å². The Bertz CT molecular complexity index is 333. The van der Waals surface area contributed by atoms with Crippen molar-refractivity contribution in [2.75, 3.05) is 7.11 Å². The highest BCUT2D eigenvalue weighted by Crippen LogP contribution is 2.37. The first-order valence-electron chi connectivity index (χ1n) is 3.70. The summed E-state index contributed by atoms with van der Waals surface area (Å²) in [7, 11) is 1.22. The molecule has 0 aliphatic carbocycles. The summed E-state index contributed by atoms with van der Waals surface area (Å²) in [5, 5.41) is 9.15. The molecule has 1 heterocycles. The fourth-order valence-corrected chi connectivity index (χ4v) is 1.26. The Morgan fingerprint density at radius 3 is 2.71 bits per heavy atom. The molecule has 0 saturated carbocycles. The largest absolute Gasteiger partial charge is 0.506 e. The molecule has 0 aromatic carbocycles. The molecular formula is C8H8ClF2NO2. The molecule has 0 unspecified atom stereocenters. The number of rotatable bonds is 3. The van der Waals surface area contributed by atoms with Gasteiger partial charge in [0.15, 0.2) is 5.75 Å². The Kier molecular flexibility index (Phi) is 3.46. The van der Waals surface area contributed by atoms with Crippen LogP contribution < -0.4 is 4.74 Å². The maximum absolute atomic E-state index is 12.5. The molecule has 0 spiro atoms. The molecule has 0 atom stereocenters. The van der Waals surface area contributed by atoms with Crippen LogP contribution in [0.5, 0.6) is 11.5 Å². The fraction of sp³-hybridized carbons (Fsp3) is 0.375. The van der Waals surface area contributed by atoms with E-state index < -0.39 is 17.7 Å². The Morgan fingerprint density at radius 1 is 1.64 bits per heavy atom. The first-order valence-corrected chi connectivity index (χ1v) is 4.24. The summed E-state index contributed by atoms with van der Waals surface area (Å²) in [4.78, 5) is 3.67. The minimum Gasteiger partial charge on any atom is -0.506 e. The Hall–Kier alpha value is -1.10. The summed E-state index contributed by atoms with van der Waals surface area (Å²) in [5.41, 5.74) is -0.389. The minimum atomic E-state index is -2.82. The van der Waals surface area contributed by atoms with Gasteiger partial charge in [-0.25, -0.2) is 8.78 Å². The summed E-state index contributed by atoms with van der Waals surface area (Å²) >= 11 is 5.47. The number of methoxy groups -OCH3 is 1. The van der Waals surface area contributed by atoms with Gasteiger partial charge in [-0.3, -0.25) is 4.98 Å². The van der Waals surface area contributed by atoms with Gasteiger partial charge in [0.05, 0.1) is 24.9 Å². The number of ether oxygens (including phenoxy) is 1. The molecule has 0 radical (unpaired) electrons. The third-order valence-electron chi connectivity index (χ3n) is 1.67. The average molecular weight is 224 g/mol. The zero-order valence-corrected chi connectivity index (χ0v) is 8.05. The topological polar surface area (TPSA) is 42.4 Å². The second kappa shape index (κ2) is 4.41. The second-order valence-electron chi connectivity index (χ2n) is 2.47. The smallest absolute Gasteiger partial charge is 0.271 e. The zero-order valence-electron chi connectivity index (χ0n) is 7.30. The van der Waals surface area contributed by atoms with Gasteiger partial charge < -0.3 is 9.84 Å². The number of pyridine rings is 1. The lowest BCUT2D eigenvalue weighted by molar-refractivity contribution is 0.142. The maximum atomic E-state index is 12.5. The van der Waals surface area contributed by atoms with Crippen molar-refractivity contribution in [3.05, 3.63) is 17.5 Å². The molecule has 3 nitrogen and oxygen atoms in total. The Morgan fingerprint density at radius 2 is 2.29 bits per heavy atom. The first-order chi connectivity index (χ1) is 6.61. The van der Waals surface area contributed by atoms with Crippen molar-refractivity contribution < 1.29 is 18.6 Å². The van der Waals surface area contributed by atoms with Crippen LogP contribution in [0.15, 0.2) is 6.20 Å². The molecule has 1 rings (SSSR count). The van der Waals surface area contributed by atoms with Crippen LogP contribution in [0.2, 0.25) is 0 Å². The summed E-state index contributed by atoms with van der Waals surface area (Å²) in [6.45, 7) is 0. The van der Waals surface area contributed by atoms with Gasteiger partial charge in [-0.2, -0.15) is 0 Å². The van der Waals surface area contributed by atoms with Gasteiger partial charge in [0, 0.05) is 0 Å². The molecule has 0 fully saturated rings. The lowest BCUT2D eigenvalue weighted by Crippen LogP contribution is -1.99. The van der Waals surface area contributed by atoms with Crippen molar-refractivity contribution >= 4 is 11.6 Å². The lowest BCUT2D eigenvalue weighted by Gasteiger charge is -2.11. The summed E-state index contributed by atoms with van der Waals surface area (Å²) in [6, 6.07) is 0. The molecule has 0 aliphatic rings. The van der Waals surface area contributed by atoms with Crippen LogP contribution in [-0.4, -0.2) is 17.2 Å². The molecule has 14 heavy (non-hydrogen) atoms. The van der Waals surface area contributed by atoms with Gasteiger partial charge in [0.25, 0.3) is 6.43 Å². The van der Waals surface area contributed by atoms with Gasteiger partial charge >= 0.3 is 0 Å². The normalized spacial score (nSPS) is 10.6. The number of alkyl halides is 3. The van der Waals surface area contributed by atoms with Crippen LogP contribution in [0.4, 0.5) is 8.78 Å². The highest BCUT2D eigenvalue weighted by Gasteiger charge is 2.22. The van der Waals surface area contributed by atoms with Crippen LogP contribution in [0.1, 0.15) is 17.7 Å². The van der Waals surface area contributed by atoms with Gasteiger partial charge in [-0.1, -0.05) is 0 Å². The van der Waals surface area contributed by atoms with Crippen molar-refractivity contribution in [3.63, 3.8) is 0 Å². The highest BCUT2D eigenvalue weighted by molar-refractivity contribution is 6.17. The average Bonchev–Trinajstić information content (AvgIpc) is 2.16. The molecule has 78 valence electrons. The standard InChI is InChI=1S/C8H8ClF2NO2/c1-14-7-4(2-9)12-3-5(13)6(7)8(10)11/h3,8,13H,2H2,1H3. The third kappa shape index (κ3) is 1.87. The van der Waals surface area contributed by atoms with E-state index in [-0.39, 0.29) is 17.3 Å².